The first kappa shape index (κ1) is 22.5. The zero-order valence-corrected chi connectivity index (χ0v) is 20.6. The van der Waals surface area contributed by atoms with Gasteiger partial charge in [-0.2, -0.15) is 0 Å². The minimum Gasteiger partial charge on any atom is -0.273 e. The van der Waals surface area contributed by atoms with Crippen molar-refractivity contribution < 1.29 is 14.4 Å². The molecule has 36 heavy (non-hydrogen) atoms. The molecule has 180 valence electrons. The van der Waals surface area contributed by atoms with E-state index in [4.69, 9.17) is 4.84 Å². The van der Waals surface area contributed by atoms with E-state index in [-0.39, 0.29) is 17.2 Å². The Kier molecular flexibility index (Phi) is 5.20. The largest absolute Gasteiger partial charge is 0.273 e. The molecule has 0 bridgehead atoms. The smallest absolute Gasteiger partial charge is 0.266 e. The van der Waals surface area contributed by atoms with Gasteiger partial charge < -0.3 is 0 Å². The fourth-order valence-corrected chi connectivity index (χ4v) is 5.37. The van der Waals surface area contributed by atoms with Crippen LogP contribution in [0.4, 0.5) is 11.4 Å². The van der Waals surface area contributed by atoms with Crippen molar-refractivity contribution >= 4 is 34.0 Å². The first-order chi connectivity index (χ1) is 17.3. The van der Waals surface area contributed by atoms with Gasteiger partial charge in [0.1, 0.15) is 5.92 Å². The maximum atomic E-state index is 14.0. The van der Waals surface area contributed by atoms with Crippen LogP contribution >= 0.6 is 0 Å². The van der Waals surface area contributed by atoms with Gasteiger partial charge in [-0.05, 0) is 40.1 Å². The number of benzene rings is 4. The minimum absolute atomic E-state index is 0.0106. The molecule has 2 heterocycles. The maximum absolute atomic E-state index is 14.0. The minimum atomic E-state index is -0.885. The molecule has 0 aromatic heterocycles. The Morgan fingerprint density at radius 2 is 1.39 bits per heavy atom. The van der Waals surface area contributed by atoms with Gasteiger partial charge >= 0.3 is 0 Å². The van der Waals surface area contributed by atoms with E-state index in [1.165, 1.54) is 10.5 Å². The molecule has 2 amide bonds. The average molecular weight is 477 g/mol. The average Bonchev–Trinajstić information content (AvgIpc) is 3.39. The normalized spacial score (nSPS) is 21.9. The van der Waals surface area contributed by atoms with Gasteiger partial charge in [-0.15, -0.1) is 0 Å². The van der Waals surface area contributed by atoms with Crippen LogP contribution in [0.15, 0.2) is 97.1 Å². The van der Waals surface area contributed by atoms with Gasteiger partial charge in [-0.1, -0.05) is 99.6 Å². The highest BCUT2D eigenvalue weighted by atomic mass is 16.7. The molecule has 5 nitrogen and oxygen atoms in total. The number of nitrogens with zero attached hydrogens (tertiary/aromatic N) is 2. The number of imide groups is 1. The predicted molar refractivity (Wildman–Crippen MR) is 142 cm³/mol. The zero-order chi connectivity index (χ0) is 25.0. The van der Waals surface area contributed by atoms with E-state index in [9.17, 15) is 9.59 Å². The van der Waals surface area contributed by atoms with E-state index in [1.807, 2.05) is 72.8 Å². The monoisotopic (exact) mass is 476 g/mol. The number of para-hydroxylation sites is 1. The molecule has 0 N–H and O–H groups in total. The standard InChI is InChI=1S/C31H28N2O3/c1-31(2,3)22-18-16-21(17-19-22)27-26-28(36-33(27)23-12-5-4-6-13-23)30(35)32(29(26)34)25-15-9-11-20-10-7-8-14-24(20)25/h4-19,26-28H,1-3H3/t26-,27+,28+/m0/s1. The third kappa shape index (κ3) is 3.50. The van der Waals surface area contributed by atoms with Crippen LogP contribution in [-0.4, -0.2) is 17.9 Å². The van der Waals surface area contributed by atoms with Crippen molar-refractivity contribution in [2.45, 2.75) is 38.3 Å². The van der Waals surface area contributed by atoms with Crippen molar-refractivity contribution in [1.29, 1.82) is 0 Å². The lowest BCUT2D eigenvalue weighted by Crippen LogP contribution is -2.37. The Morgan fingerprint density at radius 1 is 0.722 bits per heavy atom. The van der Waals surface area contributed by atoms with Crippen LogP contribution in [0.2, 0.25) is 0 Å². The number of anilines is 2. The van der Waals surface area contributed by atoms with E-state index >= 15 is 0 Å². The molecule has 2 aliphatic rings. The lowest BCUT2D eigenvalue weighted by Gasteiger charge is -2.29. The van der Waals surface area contributed by atoms with Crippen LogP contribution < -0.4 is 9.96 Å². The van der Waals surface area contributed by atoms with Crippen LogP contribution in [0, 0.1) is 5.92 Å². The van der Waals surface area contributed by atoms with Crippen LogP contribution in [0.3, 0.4) is 0 Å². The first-order valence-corrected chi connectivity index (χ1v) is 12.3. The topological polar surface area (TPSA) is 49.9 Å². The zero-order valence-electron chi connectivity index (χ0n) is 20.6. The Hall–Kier alpha value is -3.96. The summed E-state index contributed by atoms with van der Waals surface area (Å²) in [6, 6.07) is 31.1. The molecule has 0 unspecified atom stereocenters. The second-order valence-corrected chi connectivity index (χ2v) is 10.5. The van der Waals surface area contributed by atoms with E-state index in [0.717, 1.165) is 22.0 Å². The molecular weight excluding hydrogens is 448 g/mol. The molecular formula is C31H28N2O3. The summed E-state index contributed by atoms with van der Waals surface area (Å²) < 4.78 is 0. The molecule has 4 aromatic rings. The summed E-state index contributed by atoms with van der Waals surface area (Å²) >= 11 is 0. The molecule has 0 aliphatic carbocycles. The molecule has 2 fully saturated rings. The summed E-state index contributed by atoms with van der Waals surface area (Å²) in [5, 5.41) is 3.60. The van der Waals surface area contributed by atoms with Crippen LogP contribution in [0.25, 0.3) is 10.8 Å². The van der Waals surface area contributed by atoms with Gasteiger partial charge in [0.2, 0.25) is 5.91 Å². The highest BCUT2D eigenvalue weighted by Gasteiger charge is 2.60. The number of carbonyl (C=O) groups is 2. The van der Waals surface area contributed by atoms with E-state index in [2.05, 4.69) is 45.0 Å². The summed E-state index contributed by atoms with van der Waals surface area (Å²) in [4.78, 5) is 35.4. The van der Waals surface area contributed by atoms with Crippen LogP contribution in [-0.2, 0) is 19.8 Å². The highest BCUT2D eigenvalue weighted by Crippen LogP contribution is 2.48. The van der Waals surface area contributed by atoms with Crippen molar-refractivity contribution in [3.63, 3.8) is 0 Å². The van der Waals surface area contributed by atoms with E-state index in [1.54, 1.807) is 5.06 Å². The molecule has 0 saturated carbocycles. The number of hydroxylamine groups is 1. The van der Waals surface area contributed by atoms with E-state index in [0.29, 0.717) is 5.69 Å². The highest BCUT2D eigenvalue weighted by molar-refractivity contribution is 6.26. The van der Waals surface area contributed by atoms with Gasteiger partial charge in [0.25, 0.3) is 5.91 Å². The van der Waals surface area contributed by atoms with Gasteiger partial charge in [0.15, 0.2) is 6.10 Å². The molecule has 5 heteroatoms. The summed E-state index contributed by atoms with van der Waals surface area (Å²) in [5.74, 6) is -1.21. The molecule has 2 saturated heterocycles. The van der Waals surface area contributed by atoms with Gasteiger partial charge in [-0.25, -0.2) is 9.96 Å². The predicted octanol–water partition coefficient (Wildman–Crippen LogP) is 6.19. The van der Waals surface area contributed by atoms with Crippen LogP contribution in [0.5, 0.6) is 0 Å². The molecule has 2 aliphatic heterocycles. The number of hydrogen-bond donors (Lipinski definition) is 0. The SMILES string of the molecule is CC(C)(C)c1ccc([C@@H]2[C@@H]3C(=O)N(c4cccc5ccccc45)C(=O)[C@@H]3ON2c2ccccc2)cc1. The summed E-state index contributed by atoms with van der Waals surface area (Å²) in [5.41, 5.74) is 3.58. The van der Waals surface area contributed by atoms with Crippen molar-refractivity contribution in [2.75, 3.05) is 9.96 Å². The van der Waals surface area contributed by atoms with Crippen molar-refractivity contribution in [2.24, 2.45) is 5.92 Å². The number of rotatable bonds is 3. The quantitative estimate of drug-likeness (QED) is 0.331. The number of hydrogen-bond acceptors (Lipinski definition) is 4. The van der Waals surface area contributed by atoms with Crippen molar-refractivity contribution in [1.82, 2.24) is 0 Å². The Morgan fingerprint density at radius 3 is 2.11 bits per heavy atom. The lowest BCUT2D eigenvalue weighted by atomic mass is 9.84. The van der Waals surface area contributed by atoms with Crippen molar-refractivity contribution in [3.05, 3.63) is 108 Å². The van der Waals surface area contributed by atoms with Gasteiger partial charge in [0.05, 0.1) is 17.4 Å². The molecule has 6 rings (SSSR count). The molecule has 4 aromatic carbocycles. The Balaban J connectivity index is 1.45. The second kappa shape index (κ2) is 8.32. The Bertz CT molecular complexity index is 1450. The third-order valence-corrected chi connectivity index (χ3v) is 7.25. The summed E-state index contributed by atoms with van der Waals surface area (Å²) in [6.07, 6.45) is -0.885. The molecule has 0 radical (unpaired) electrons. The third-order valence-electron chi connectivity index (χ3n) is 7.25. The molecule has 3 atom stereocenters. The van der Waals surface area contributed by atoms with Crippen LogP contribution in [0.1, 0.15) is 37.9 Å². The number of amides is 2. The summed E-state index contributed by atoms with van der Waals surface area (Å²) in [6.45, 7) is 6.52. The fourth-order valence-electron chi connectivity index (χ4n) is 5.37. The number of carbonyl (C=O) groups excluding carboxylic acids is 2. The van der Waals surface area contributed by atoms with Gasteiger partial charge in [-0.3, -0.25) is 14.4 Å². The molecule has 0 spiro atoms. The second-order valence-electron chi connectivity index (χ2n) is 10.5. The summed E-state index contributed by atoms with van der Waals surface area (Å²) in [7, 11) is 0. The Labute approximate surface area is 210 Å². The van der Waals surface area contributed by atoms with Crippen molar-refractivity contribution in [3.8, 4) is 0 Å². The van der Waals surface area contributed by atoms with E-state index < -0.39 is 18.1 Å². The van der Waals surface area contributed by atoms with Gasteiger partial charge in [0, 0.05) is 5.39 Å². The lowest BCUT2D eigenvalue weighted by molar-refractivity contribution is -0.126. The first-order valence-electron chi connectivity index (χ1n) is 12.3. The number of fused-ring (bicyclic) bond motifs is 2. The maximum Gasteiger partial charge on any atom is 0.266 e. The fraction of sp³-hybridized carbons (Fsp3) is 0.226.